The molecule has 1 aliphatic heterocycles. The van der Waals surface area contributed by atoms with Crippen LogP contribution in [0.2, 0.25) is 0 Å². The van der Waals surface area contributed by atoms with Crippen molar-refractivity contribution < 1.29 is 17.4 Å². The monoisotopic (exact) mass is 515 g/mol. The summed E-state index contributed by atoms with van der Waals surface area (Å²) in [5.74, 6) is 0.972. The summed E-state index contributed by atoms with van der Waals surface area (Å²) in [5, 5.41) is 0. The van der Waals surface area contributed by atoms with E-state index < -0.39 is 16.5 Å². The van der Waals surface area contributed by atoms with E-state index in [9.17, 15) is 17.4 Å². The molecule has 0 radical (unpaired) electrons. The molecule has 2 aliphatic rings. The maximum Gasteiger partial charge on any atom is 0.485 e. The van der Waals surface area contributed by atoms with Crippen LogP contribution in [0.15, 0.2) is 60.9 Å². The lowest BCUT2D eigenvalue weighted by molar-refractivity contribution is -0.0431. The lowest BCUT2D eigenvalue weighted by atomic mass is 10.0. The van der Waals surface area contributed by atoms with Crippen molar-refractivity contribution >= 4 is 22.4 Å². The number of anilines is 2. The minimum absolute atomic E-state index is 0.00136. The van der Waals surface area contributed by atoms with Gasteiger partial charge >= 0.3 is 5.51 Å². The Balaban J connectivity index is 1.54. The molecule has 1 aliphatic carbocycles. The summed E-state index contributed by atoms with van der Waals surface area (Å²) in [6.07, 6.45) is 6.47. The predicted molar refractivity (Wildman–Crippen MR) is 134 cm³/mol. The van der Waals surface area contributed by atoms with E-state index >= 15 is 0 Å². The number of halogens is 3. The second-order valence-electron chi connectivity index (χ2n) is 9.42. The van der Waals surface area contributed by atoms with Crippen molar-refractivity contribution in [2.75, 3.05) is 17.2 Å². The fourth-order valence-electron chi connectivity index (χ4n) is 4.78. The van der Waals surface area contributed by atoms with Crippen molar-refractivity contribution in [1.82, 2.24) is 14.3 Å². The van der Waals surface area contributed by atoms with Gasteiger partial charge in [-0.2, -0.15) is 13.2 Å². The molecule has 10 heteroatoms. The van der Waals surface area contributed by atoms with Gasteiger partial charge in [0.15, 0.2) is 0 Å². The summed E-state index contributed by atoms with van der Waals surface area (Å²) in [4.78, 5) is 10.8. The minimum Gasteiger partial charge on any atom is -0.396 e. The van der Waals surface area contributed by atoms with Gasteiger partial charge < -0.3 is 10.6 Å². The molecule has 2 N–H and O–H groups in total. The summed E-state index contributed by atoms with van der Waals surface area (Å²) >= 11 is 0. The Hall–Kier alpha value is -2.98. The lowest BCUT2D eigenvalue weighted by Gasteiger charge is -2.34. The normalized spacial score (nSPS) is 19.5. The Bertz CT molecular complexity index is 1220. The van der Waals surface area contributed by atoms with Crippen LogP contribution in [0.4, 0.5) is 24.5 Å². The van der Waals surface area contributed by atoms with Crippen molar-refractivity contribution in [3.8, 4) is 0 Å². The van der Waals surface area contributed by atoms with Gasteiger partial charge in [0.05, 0.1) is 24.6 Å². The highest BCUT2D eigenvalue weighted by molar-refractivity contribution is 7.83. The smallest absolute Gasteiger partial charge is 0.396 e. The second kappa shape index (κ2) is 10.2. The largest absolute Gasteiger partial charge is 0.485 e. The molecule has 2 unspecified atom stereocenters. The van der Waals surface area contributed by atoms with Gasteiger partial charge in [0.1, 0.15) is 5.82 Å². The first-order valence-electron chi connectivity index (χ1n) is 12.0. The first kappa shape index (κ1) is 24.7. The zero-order valence-electron chi connectivity index (χ0n) is 19.7. The SMILES string of the molecule is Nc1cnc(CN2c3ccc(C4CC4)cc3CN(S(=O)C(F)(F)F)CC2CCc2ccccc2)nc1. The average molecular weight is 516 g/mol. The van der Waals surface area contributed by atoms with Crippen LogP contribution in [0.5, 0.6) is 0 Å². The van der Waals surface area contributed by atoms with Crippen molar-refractivity contribution in [3.63, 3.8) is 0 Å². The molecule has 2 aromatic carbocycles. The van der Waals surface area contributed by atoms with Gasteiger partial charge in [-0.3, -0.25) is 0 Å². The number of nitrogen functional groups attached to an aromatic ring is 1. The highest BCUT2D eigenvalue weighted by Crippen LogP contribution is 2.43. The molecule has 3 aromatic rings. The van der Waals surface area contributed by atoms with Crippen LogP contribution in [0.25, 0.3) is 0 Å². The first-order valence-corrected chi connectivity index (χ1v) is 13.1. The van der Waals surface area contributed by atoms with Crippen LogP contribution in [0, 0.1) is 0 Å². The number of fused-ring (bicyclic) bond motifs is 1. The molecule has 0 saturated heterocycles. The van der Waals surface area contributed by atoms with Crippen LogP contribution in [-0.2, 0) is 30.5 Å². The molecule has 1 aromatic heterocycles. The van der Waals surface area contributed by atoms with Crippen molar-refractivity contribution in [2.45, 2.75) is 56.2 Å². The molecule has 1 fully saturated rings. The van der Waals surface area contributed by atoms with E-state index in [1.165, 1.54) is 12.4 Å². The van der Waals surface area contributed by atoms with Gasteiger partial charge in [-0.1, -0.05) is 42.5 Å². The van der Waals surface area contributed by atoms with Crippen LogP contribution in [0.3, 0.4) is 0 Å². The maximum absolute atomic E-state index is 13.6. The van der Waals surface area contributed by atoms with Crippen molar-refractivity contribution in [3.05, 3.63) is 83.4 Å². The number of rotatable bonds is 7. The molecule has 1 saturated carbocycles. The second-order valence-corrected chi connectivity index (χ2v) is 10.9. The molecule has 0 spiro atoms. The van der Waals surface area contributed by atoms with E-state index in [1.807, 2.05) is 42.5 Å². The Morgan fingerprint density at radius 2 is 1.78 bits per heavy atom. The van der Waals surface area contributed by atoms with Crippen molar-refractivity contribution in [1.29, 1.82) is 0 Å². The Labute approximate surface area is 210 Å². The fraction of sp³-hybridized carbons (Fsp3) is 0.385. The fourth-order valence-corrected chi connectivity index (χ4v) is 5.64. The van der Waals surface area contributed by atoms with E-state index in [2.05, 4.69) is 20.9 Å². The van der Waals surface area contributed by atoms with Gasteiger partial charge in [0.2, 0.25) is 11.0 Å². The van der Waals surface area contributed by atoms with E-state index in [0.29, 0.717) is 36.8 Å². The molecular weight excluding hydrogens is 487 g/mol. The summed E-state index contributed by atoms with van der Waals surface area (Å²) in [6.45, 7) is 0.270. The number of aryl methyl sites for hydroxylation is 1. The molecule has 190 valence electrons. The number of aromatic nitrogens is 2. The number of hydrogen-bond acceptors (Lipinski definition) is 5. The molecule has 2 atom stereocenters. The quantitative estimate of drug-likeness (QED) is 0.482. The molecule has 0 bridgehead atoms. The highest BCUT2D eigenvalue weighted by Gasteiger charge is 2.44. The number of hydrogen-bond donors (Lipinski definition) is 1. The maximum atomic E-state index is 13.6. The van der Waals surface area contributed by atoms with Gasteiger partial charge in [-0.15, -0.1) is 0 Å². The van der Waals surface area contributed by atoms with Gasteiger partial charge in [-0.05, 0) is 54.4 Å². The van der Waals surface area contributed by atoms with E-state index in [-0.39, 0.29) is 19.1 Å². The Kier molecular flexibility index (Phi) is 6.98. The van der Waals surface area contributed by atoms with E-state index in [1.54, 1.807) is 0 Å². The van der Waals surface area contributed by atoms with E-state index in [4.69, 9.17) is 5.73 Å². The minimum atomic E-state index is -4.83. The molecule has 5 rings (SSSR count). The predicted octanol–water partition coefficient (Wildman–Crippen LogP) is 4.94. The third-order valence-electron chi connectivity index (χ3n) is 6.74. The summed E-state index contributed by atoms with van der Waals surface area (Å²) in [5.41, 5.74) is 5.17. The van der Waals surface area contributed by atoms with E-state index in [0.717, 1.165) is 39.5 Å². The molecule has 6 nitrogen and oxygen atoms in total. The average Bonchev–Trinajstić information content (AvgIpc) is 3.72. The van der Waals surface area contributed by atoms with Crippen LogP contribution >= 0.6 is 0 Å². The lowest BCUT2D eigenvalue weighted by Crippen LogP contribution is -2.44. The standard InChI is InChI=1S/C26H28F3N5OS/c27-26(28,29)36(35)33-15-21-12-20(19-7-8-19)9-11-24(21)34(17-25-31-13-22(30)14-32-25)23(16-33)10-6-18-4-2-1-3-5-18/h1-5,9,11-14,19,23H,6-8,10,15-17,30H2. The highest BCUT2D eigenvalue weighted by atomic mass is 32.2. The van der Waals surface area contributed by atoms with Gasteiger partial charge in [-0.25, -0.2) is 18.5 Å². The zero-order chi connectivity index (χ0) is 25.3. The topological polar surface area (TPSA) is 75.3 Å². The number of alkyl halides is 3. The summed E-state index contributed by atoms with van der Waals surface area (Å²) < 4.78 is 54.6. The zero-order valence-corrected chi connectivity index (χ0v) is 20.5. The molecule has 0 amide bonds. The summed E-state index contributed by atoms with van der Waals surface area (Å²) in [6, 6.07) is 15.5. The summed E-state index contributed by atoms with van der Waals surface area (Å²) in [7, 11) is -3.12. The van der Waals surface area contributed by atoms with Gasteiger partial charge in [0.25, 0.3) is 0 Å². The van der Waals surface area contributed by atoms with Gasteiger partial charge in [0, 0.05) is 24.8 Å². The van der Waals surface area contributed by atoms with Crippen LogP contribution in [0.1, 0.15) is 47.7 Å². The van der Waals surface area contributed by atoms with Crippen LogP contribution < -0.4 is 10.6 Å². The Morgan fingerprint density at radius 3 is 2.44 bits per heavy atom. The molecular formula is C26H28F3N5OS. The third kappa shape index (κ3) is 5.70. The third-order valence-corrected chi connectivity index (χ3v) is 7.89. The number of benzene rings is 2. The van der Waals surface area contributed by atoms with Crippen LogP contribution in [-0.4, -0.2) is 36.6 Å². The number of nitrogens with zero attached hydrogens (tertiary/aromatic N) is 4. The molecule has 36 heavy (non-hydrogen) atoms. The first-order chi connectivity index (χ1) is 17.3. The molecule has 2 heterocycles. The number of nitrogens with two attached hydrogens (primary N) is 1. The Morgan fingerprint density at radius 1 is 1.06 bits per heavy atom. The van der Waals surface area contributed by atoms with Crippen molar-refractivity contribution in [2.24, 2.45) is 0 Å².